The maximum absolute atomic E-state index is 11.1. The van der Waals surface area contributed by atoms with Gasteiger partial charge in [-0.25, -0.2) is 0 Å². The number of nitrogens with one attached hydrogen (secondary N) is 1. The molecule has 0 saturated heterocycles. The SMILES string of the molecule is CCOC(=O)CCNc1cccc(OC)c1N. The second kappa shape index (κ2) is 6.62. The van der Waals surface area contributed by atoms with Crippen LogP contribution < -0.4 is 15.8 Å². The van der Waals surface area contributed by atoms with Crippen molar-refractivity contribution in [2.45, 2.75) is 13.3 Å². The van der Waals surface area contributed by atoms with Crippen molar-refractivity contribution in [3.05, 3.63) is 18.2 Å². The van der Waals surface area contributed by atoms with Crippen LogP contribution in [0.1, 0.15) is 13.3 Å². The first-order chi connectivity index (χ1) is 8.19. The number of hydrogen-bond donors (Lipinski definition) is 2. The highest BCUT2D eigenvalue weighted by Gasteiger charge is 2.05. The molecule has 1 aromatic carbocycles. The van der Waals surface area contributed by atoms with Gasteiger partial charge in [0.25, 0.3) is 0 Å². The molecule has 0 bridgehead atoms. The summed E-state index contributed by atoms with van der Waals surface area (Å²) in [6.45, 7) is 2.67. The molecule has 0 heterocycles. The summed E-state index contributed by atoms with van der Waals surface area (Å²) in [4.78, 5) is 11.1. The summed E-state index contributed by atoms with van der Waals surface area (Å²) in [5.74, 6) is 0.396. The first-order valence-corrected chi connectivity index (χ1v) is 5.51. The average molecular weight is 238 g/mol. The van der Waals surface area contributed by atoms with Crippen molar-refractivity contribution in [1.82, 2.24) is 0 Å². The van der Waals surface area contributed by atoms with Gasteiger partial charge in [0, 0.05) is 6.54 Å². The third-order valence-electron chi connectivity index (χ3n) is 2.24. The molecule has 3 N–H and O–H groups in total. The standard InChI is InChI=1S/C12H18N2O3/c1-3-17-11(15)7-8-14-9-5-4-6-10(16-2)12(9)13/h4-6,14H,3,7-8,13H2,1-2H3. The van der Waals surface area contributed by atoms with Crippen LogP contribution in [0, 0.1) is 0 Å². The highest BCUT2D eigenvalue weighted by molar-refractivity contribution is 5.74. The fourth-order valence-corrected chi connectivity index (χ4v) is 1.41. The number of methoxy groups -OCH3 is 1. The Morgan fingerprint density at radius 1 is 1.47 bits per heavy atom. The van der Waals surface area contributed by atoms with E-state index >= 15 is 0 Å². The van der Waals surface area contributed by atoms with Crippen molar-refractivity contribution in [2.75, 3.05) is 31.3 Å². The van der Waals surface area contributed by atoms with E-state index in [1.54, 1.807) is 20.1 Å². The molecule has 0 aliphatic carbocycles. The lowest BCUT2D eigenvalue weighted by molar-refractivity contribution is -0.142. The summed E-state index contributed by atoms with van der Waals surface area (Å²) >= 11 is 0. The van der Waals surface area contributed by atoms with E-state index in [4.69, 9.17) is 15.2 Å². The van der Waals surface area contributed by atoms with Crippen LogP contribution in [0.3, 0.4) is 0 Å². The van der Waals surface area contributed by atoms with Crippen molar-refractivity contribution < 1.29 is 14.3 Å². The Kier molecular flexibility index (Phi) is 5.13. The molecule has 17 heavy (non-hydrogen) atoms. The quantitative estimate of drug-likeness (QED) is 0.582. The molecular weight excluding hydrogens is 220 g/mol. The predicted molar refractivity (Wildman–Crippen MR) is 67.1 cm³/mol. The first-order valence-electron chi connectivity index (χ1n) is 5.51. The maximum Gasteiger partial charge on any atom is 0.307 e. The number of benzene rings is 1. The molecule has 0 fully saturated rings. The Morgan fingerprint density at radius 3 is 2.88 bits per heavy atom. The van der Waals surface area contributed by atoms with Crippen LogP contribution in [-0.4, -0.2) is 26.2 Å². The molecule has 5 nitrogen and oxygen atoms in total. The van der Waals surface area contributed by atoms with Gasteiger partial charge in [0.2, 0.25) is 0 Å². The highest BCUT2D eigenvalue weighted by Crippen LogP contribution is 2.28. The number of hydrogen-bond acceptors (Lipinski definition) is 5. The Hall–Kier alpha value is -1.91. The molecule has 0 radical (unpaired) electrons. The van der Waals surface area contributed by atoms with Gasteiger partial charge in [-0.05, 0) is 19.1 Å². The molecule has 1 aromatic rings. The van der Waals surface area contributed by atoms with Crippen LogP contribution in [-0.2, 0) is 9.53 Å². The lowest BCUT2D eigenvalue weighted by atomic mass is 10.2. The summed E-state index contributed by atoms with van der Waals surface area (Å²) in [6, 6.07) is 5.46. The van der Waals surface area contributed by atoms with Crippen LogP contribution in [0.15, 0.2) is 18.2 Å². The van der Waals surface area contributed by atoms with Gasteiger partial charge in [-0.2, -0.15) is 0 Å². The van der Waals surface area contributed by atoms with E-state index in [0.717, 1.165) is 5.69 Å². The minimum atomic E-state index is -0.221. The van der Waals surface area contributed by atoms with Gasteiger partial charge in [-0.1, -0.05) is 6.07 Å². The van der Waals surface area contributed by atoms with Gasteiger partial charge in [-0.15, -0.1) is 0 Å². The molecule has 0 amide bonds. The molecule has 1 rings (SSSR count). The molecule has 5 heteroatoms. The molecule has 0 aliphatic rings. The lowest BCUT2D eigenvalue weighted by Gasteiger charge is -2.11. The zero-order valence-electron chi connectivity index (χ0n) is 10.2. The number of carbonyl (C=O) groups is 1. The molecule has 0 spiro atoms. The predicted octanol–water partition coefficient (Wildman–Crippen LogP) is 1.64. The van der Waals surface area contributed by atoms with Crippen LogP contribution in [0.4, 0.5) is 11.4 Å². The van der Waals surface area contributed by atoms with Crippen molar-refractivity contribution in [2.24, 2.45) is 0 Å². The van der Waals surface area contributed by atoms with Gasteiger partial charge in [0.05, 0.1) is 31.5 Å². The second-order valence-corrected chi connectivity index (χ2v) is 3.40. The minimum absolute atomic E-state index is 0.221. The van der Waals surface area contributed by atoms with Crippen molar-refractivity contribution in [3.8, 4) is 5.75 Å². The van der Waals surface area contributed by atoms with Gasteiger partial charge in [0.15, 0.2) is 0 Å². The van der Waals surface area contributed by atoms with Gasteiger partial charge < -0.3 is 20.5 Å². The zero-order chi connectivity index (χ0) is 12.7. The molecule has 0 aliphatic heterocycles. The number of para-hydroxylation sites is 1. The summed E-state index contributed by atoms with van der Waals surface area (Å²) in [5.41, 5.74) is 7.16. The van der Waals surface area contributed by atoms with E-state index in [1.165, 1.54) is 0 Å². The smallest absolute Gasteiger partial charge is 0.307 e. The highest BCUT2D eigenvalue weighted by atomic mass is 16.5. The number of nitrogens with two attached hydrogens (primary N) is 1. The Morgan fingerprint density at radius 2 is 2.24 bits per heavy atom. The fraction of sp³-hybridized carbons (Fsp3) is 0.417. The number of rotatable bonds is 6. The summed E-state index contributed by atoms with van der Waals surface area (Å²) in [7, 11) is 1.56. The van der Waals surface area contributed by atoms with E-state index < -0.39 is 0 Å². The van der Waals surface area contributed by atoms with E-state index in [-0.39, 0.29) is 5.97 Å². The Labute approximate surface area is 101 Å². The summed E-state index contributed by atoms with van der Waals surface area (Å²) < 4.78 is 9.92. The number of carbonyl (C=O) groups excluding carboxylic acids is 1. The molecular formula is C12H18N2O3. The van der Waals surface area contributed by atoms with E-state index in [0.29, 0.717) is 31.0 Å². The lowest BCUT2D eigenvalue weighted by Crippen LogP contribution is -2.12. The van der Waals surface area contributed by atoms with E-state index in [9.17, 15) is 4.79 Å². The topological polar surface area (TPSA) is 73.6 Å². The van der Waals surface area contributed by atoms with Crippen molar-refractivity contribution >= 4 is 17.3 Å². The van der Waals surface area contributed by atoms with Gasteiger partial charge >= 0.3 is 5.97 Å². The van der Waals surface area contributed by atoms with Crippen LogP contribution >= 0.6 is 0 Å². The first kappa shape index (κ1) is 13.2. The normalized spacial score (nSPS) is 9.76. The molecule has 0 saturated carbocycles. The molecule has 0 atom stereocenters. The monoisotopic (exact) mass is 238 g/mol. The summed E-state index contributed by atoms with van der Waals surface area (Å²) in [5, 5.41) is 3.07. The summed E-state index contributed by atoms with van der Waals surface area (Å²) in [6.07, 6.45) is 0.310. The van der Waals surface area contributed by atoms with Gasteiger partial charge in [0.1, 0.15) is 5.75 Å². The minimum Gasteiger partial charge on any atom is -0.495 e. The van der Waals surface area contributed by atoms with Crippen molar-refractivity contribution in [1.29, 1.82) is 0 Å². The maximum atomic E-state index is 11.1. The third-order valence-corrected chi connectivity index (χ3v) is 2.24. The van der Waals surface area contributed by atoms with Crippen LogP contribution in [0.2, 0.25) is 0 Å². The van der Waals surface area contributed by atoms with E-state index in [2.05, 4.69) is 5.32 Å². The Bertz CT molecular complexity index is 380. The fourth-order valence-electron chi connectivity index (χ4n) is 1.41. The molecule has 94 valence electrons. The van der Waals surface area contributed by atoms with Gasteiger partial charge in [-0.3, -0.25) is 4.79 Å². The Balaban J connectivity index is 2.49. The van der Waals surface area contributed by atoms with Crippen LogP contribution in [0.5, 0.6) is 5.75 Å². The number of nitrogen functional groups attached to an aromatic ring is 1. The second-order valence-electron chi connectivity index (χ2n) is 3.40. The largest absolute Gasteiger partial charge is 0.495 e. The van der Waals surface area contributed by atoms with Crippen molar-refractivity contribution in [3.63, 3.8) is 0 Å². The number of esters is 1. The number of anilines is 2. The molecule has 0 aromatic heterocycles. The molecule has 0 unspecified atom stereocenters. The van der Waals surface area contributed by atoms with Crippen LogP contribution in [0.25, 0.3) is 0 Å². The number of ether oxygens (including phenoxy) is 2. The van der Waals surface area contributed by atoms with E-state index in [1.807, 2.05) is 12.1 Å². The third kappa shape index (κ3) is 3.86. The average Bonchev–Trinajstić information content (AvgIpc) is 2.32. The zero-order valence-corrected chi connectivity index (χ0v) is 10.2.